The molecule has 1 aromatic rings. The van der Waals surface area contributed by atoms with Crippen LogP contribution in [0.5, 0.6) is 11.5 Å². The van der Waals surface area contributed by atoms with Crippen LogP contribution in [0.1, 0.15) is 25.5 Å². The Morgan fingerprint density at radius 2 is 1.96 bits per heavy atom. The number of rotatable bonds is 5. The van der Waals surface area contributed by atoms with Crippen molar-refractivity contribution in [2.45, 2.75) is 19.9 Å². The normalized spacial score (nSPS) is 17.2. The third-order valence-corrected chi connectivity index (χ3v) is 3.73. The third kappa shape index (κ3) is 3.56. The molecule has 0 saturated carbocycles. The van der Waals surface area contributed by atoms with E-state index in [1.165, 1.54) is 0 Å². The second-order valence-electron chi connectivity index (χ2n) is 4.91. The lowest BCUT2D eigenvalue weighted by Crippen LogP contribution is -2.45. The van der Waals surface area contributed by atoms with Crippen LogP contribution in [-0.2, 0) is 9.53 Å². The van der Waals surface area contributed by atoms with Crippen molar-refractivity contribution in [3.63, 3.8) is 0 Å². The van der Waals surface area contributed by atoms with E-state index in [2.05, 4.69) is 10.6 Å². The van der Waals surface area contributed by atoms with Gasteiger partial charge in [0, 0.05) is 5.70 Å². The van der Waals surface area contributed by atoms with Gasteiger partial charge < -0.3 is 24.8 Å². The quantitative estimate of drug-likeness (QED) is 0.630. The van der Waals surface area contributed by atoms with Gasteiger partial charge in [-0.25, -0.2) is 4.79 Å². The molecule has 2 N–H and O–H groups in total. The van der Waals surface area contributed by atoms with Gasteiger partial charge in [-0.1, -0.05) is 6.07 Å². The van der Waals surface area contributed by atoms with Gasteiger partial charge in [-0.3, -0.25) is 0 Å². The van der Waals surface area contributed by atoms with Crippen molar-refractivity contribution in [2.75, 3.05) is 20.8 Å². The number of ether oxygens (including phenoxy) is 3. The topological polar surface area (TPSA) is 68.8 Å². The fourth-order valence-electron chi connectivity index (χ4n) is 2.46. The van der Waals surface area contributed by atoms with Crippen LogP contribution in [0.3, 0.4) is 0 Å². The van der Waals surface area contributed by atoms with Crippen LogP contribution in [0.15, 0.2) is 29.5 Å². The van der Waals surface area contributed by atoms with Crippen LogP contribution in [0, 0.1) is 0 Å². The Hall–Kier alpha value is -2.28. The maximum atomic E-state index is 12.3. The lowest BCUT2D eigenvalue weighted by Gasteiger charge is -2.30. The number of nitrogens with one attached hydrogen (secondary N) is 2. The Kier molecular flexibility index (Phi) is 5.44. The number of esters is 1. The van der Waals surface area contributed by atoms with Crippen molar-refractivity contribution in [1.82, 2.24) is 10.6 Å². The monoisotopic (exact) mass is 336 g/mol. The smallest absolute Gasteiger partial charge is 0.338 e. The fourth-order valence-corrected chi connectivity index (χ4v) is 2.73. The molecule has 124 valence electrons. The Morgan fingerprint density at radius 3 is 2.57 bits per heavy atom. The van der Waals surface area contributed by atoms with Crippen molar-refractivity contribution in [1.29, 1.82) is 0 Å². The van der Waals surface area contributed by atoms with Crippen molar-refractivity contribution in [2.24, 2.45) is 0 Å². The predicted molar refractivity (Wildman–Crippen MR) is 90.5 cm³/mol. The largest absolute Gasteiger partial charge is 0.493 e. The lowest BCUT2D eigenvalue weighted by molar-refractivity contribution is -0.139. The molecule has 0 radical (unpaired) electrons. The zero-order valence-electron chi connectivity index (χ0n) is 13.6. The van der Waals surface area contributed by atoms with E-state index in [1.807, 2.05) is 12.1 Å². The summed E-state index contributed by atoms with van der Waals surface area (Å²) in [5.41, 5.74) is 1.99. The van der Waals surface area contributed by atoms with E-state index in [-0.39, 0.29) is 5.97 Å². The summed E-state index contributed by atoms with van der Waals surface area (Å²) < 4.78 is 15.7. The average molecular weight is 336 g/mol. The Bertz CT molecular complexity index is 657. The van der Waals surface area contributed by atoms with Crippen molar-refractivity contribution in [3.8, 4) is 11.5 Å². The molecule has 23 heavy (non-hydrogen) atoms. The summed E-state index contributed by atoms with van der Waals surface area (Å²) in [7, 11) is 3.14. The van der Waals surface area contributed by atoms with E-state index >= 15 is 0 Å². The van der Waals surface area contributed by atoms with Gasteiger partial charge >= 0.3 is 5.97 Å². The van der Waals surface area contributed by atoms with Crippen LogP contribution in [0.4, 0.5) is 0 Å². The minimum absolute atomic E-state index is 0.304. The fraction of sp³-hybridized carbons (Fsp3) is 0.375. The summed E-state index contributed by atoms with van der Waals surface area (Å²) in [6, 6.07) is 5.05. The predicted octanol–water partition coefficient (Wildman–Crippen LogP) is 2.06. The van der Waals surface area contributed by atoms with Crippen molar-refractivity contribution >= 4 is 23.3 Å². The number of benzene rings is 1. The molecule has 1 heterocycles. The van der Waals surface area contributed by atoms with Crippen LogP contribution in [-0.4, -0.2) is 31.9 Å². The summed E-state index contributed by atoms with van der Waals surface area (Å²) >= 11 is 5.21. The highest BCUT2D eigenvalue weighted by Gasteiger charge is 2.31. The molecule has 7 heteroatoms. The van der Waals surface area contributed by atoms with Gasteiger partial charge in [-0.05, 0) is 43.8 Å². The minimum atomic E-state index is -0.414. The Morgan fingerprint density at radius 1 is 1.26 bits per heavy atom. The number of hydrogen-bond acceptors (Lipinski definition) is 5. The number of carbonyl (C=O) groups excluding carboxylic acids is 1. The first-order chi connectivity index (χ1) is 11.0. The molecule has 0 spiro atoms. The molecule has 1 aliphatic heterocycles. The summed E-state index contributed by atoms with van der Waals surface area (Å²) in [6.07, 6.45) is 0. The van der Waals surface area contributed by atoms with E-state index in [9.17, 15) is 4.79 Å². The first-order valence-electron chi connectivity index (χ1n) is 7.19. The second-order valence-corrected chi connectivity index (χ2v) is 5.31. The molecule has 0 fully saturated rings. The van der Waals surface area contributed by atoms with Gasteiger partial charge in [0.25, 0.3) is 0 Å². The molecule has 0 aliphatic carbocycles. The van der Waals surface area contributed by atoms with E-state index in [4.69, 9.17) is 26.4 Å². The number of carbonyl (C=O) groups is 1. The van der Waals surface area contributed by atoms with Gasteiger partial charge in [0.05, 0.1) is 32.4 Å². The molecule has 1 aliphatic rings. The number of allylic oxidation sites excluding steroid dienone is 1. The molecule has 1 aromatic carbocycles. The van der Waals surface area contributed by atoms with E-state index in [0.717, 1.165) is 5.56 Å². The summed E-state index contributed by atoms with van der Waals surface area (Å²) in [5.74, 6) is 0.815. The summed E-state index contributed by atoms with van der Waals surface area (Å²) in [4.78, 5) is 12.3. The maximum Gasteiger partial charge on any atom is 0.338 e. The highest BCUT2D eigenvalue weighted by molar-refractivity contribution is 7.80. The molecular formula is C16H20N2O4S. The molecule has 2 rings (SSSR count). The zero-order chi connectivity index (χ0) is 17.0. The van der Waals surface area contributed by atoms with Crippen LogP contribution in [0.25, 0.3) is 0 Å². The first-order valence-corrected chi connectivity index (χ1v) is 7.60. The van der Waals surface area contributed by atoms with E-state index in [1.54, 1.807) is 34.1 Å². The molecule has 1 unspecified atom stereocenters. The van der Waals surface area contributed by atoms with Crippen LogP contribution < -0.4 is 20.1 Å². The van der Waals surface area contributed by atoms with Gasteiger partial charge in [0.15, 0.2) is 16.6 Å². The molecule has 0 bridgehead atoms. The molecule has 0 aromatic heterocycles. The lowest BCUT2D eigenvalue weighted by atomic mass is 9.95. The zero-order valence-corrected chi connectivity index (χ0v) is 14.4. The van der Waals surface area contributed by atoms with Crippen molar-refractivity contribution < 1.29 is 19.0 Å². The SMILES string of the molecule is CCOC(=O)C1=C(C)NC(=S)NC1c1ccc(OC)c(OC)c1. The summed E-state index contributed by atoms with van der Waals surface area (Å²) in [6.45, 7) is 3.87. The number of thiocarbonyl (C=S) groups is 1. The number of hydrogen-bond donors (Lipinski definition) is 2. The van der Waals surface area contributed by atoms with Gasteiger partial charge in [0.1, 0.15) is 0 Å². The van der Waals surface area contributed by atoms with Gasteiger partial charge in [-0.15, -0.1) is 0 Å². The second kappa shape index (κ2) is 7.32. The van der Waals surface area contributed by atoms with E-state index in [0.29, 0.717) is 34.5 Å². The standard InChI is InChI=1S/C16H20N2O4S/c1-5-22-15(19)13-9(2)17-16(23)18-14(13)10-6-7-11(20-3)12(8-10)21-4/h6-8,14H,5H2,1-4H3,(H2,17,18,23). The molecule has 0 saturated heterocycles. The average Bonchev–Trinajstić information content (AvgIpc) is 2.53. The van der Waals surface area contributed by atoms with Gasteiger partial charge in [-0.2, -0.15) is 0 Å². The van der Waals surface area contributed by atoms with Crippen LogP contribution in [0.2, 0.25) is 0 Å². The van der Waals surface area contributed by atoms with Crippen molar-refractivity contribution in [3.05, 3.63) is 35.0 Å². The molecule has 1 atom stereocenters. The molecule has 0 amide bonds. The minimum Gasteiger partial charge on any atom is -0.493 e. The van der Waals surface area contributed by atoms with Gasteiger partial charge in [0.2, 0.25) is 0 Å². The highest BCUT2D eigenvalue weighted by atomic mass is 32.1. The highest BCUT2D eigenvalue weighted by Crippen LogP contribution is 2.34. The Labute approximate surface area is 140 Å². The van der Waals surface area contributed by atoms with Crippen LogP contribution >= 0.6 is 12.2 Å². The first kappa shape index (κ1) is 17.1. The number of methoxy groups -OCH3 is 2. The third-order valence-electron chi connectivity index (χ3n) is 3.51. The molecule has 6 nitrogen and oxygen atoms in total. The summed E-state index contributed by atoms with van der Waals surface area (Å²) in [5, 5.41) is 6.52. The Balaban J connectivity index is 2.47. The van der Waals surface area contributed by atoms with E-state index < -0.39 is 6.04 Å². The maximum absolute atomic E-state index is 12.3. The molecular weight excluding hydrogens is 316 g/mol.